The monoisotopic (exact) mass is 338 g/mol. The van der Waals surface area contributed by atoms with E-state index in [0.717, 1.165) is 0 Å². The average Bonchev–Trinajstić information content (AvgIpc) is 1.99. The Balaban J connectivity index is 3.09. The van der Waals surface area contributed by atoms with Crippen molar-refractivity contribution >= 4 is 21.8 Å². The summed E-state index contributed by atoms with van der Waals surface area (Å²) in [6.45, 7) is 7.09. The van der Waals surface area contributed by atoms with Crippen molar-refractivity contribution in [3.8, 4) is 0 Å². The summed E-state index contributed by atoms with van der Waals surface area (Å²) in [5.74, 6) is 0. The van der Waals surface area contributed by atoms with Gasteiger partial charge in [0.05, 0.1) is 0 Å². The molecule has 0 radical (unpaired) electrons. The van der Waals surface area contributed by atoms with E-state index in [0.29, 0.717) is 0 Å². The molecule has 0 aliphatic heterocycles. The molecule has 0 heterocycles. The summed E-state index contributed by atoms with van der Waals surface area (Å²) < 4.78 is 4.82. The summed E-state index contributed by atoms with van der Waals surface area (Å²) in [5.41, 5.74) is 0. The third-order valence-corrected chi connectivity index (χ3v) is 12.6. The Kier molecular flexibility index (Phi) is 8.69. The fraction of sp³-hybridized carbons (Fsp3) is 1.00. The van der Waals surface area contributed by atoms with Crippen LogP contribution in [-0.4, -0.2) is 21.8 Å². The van der Waals surface area contributed by atoms with Crippen LogP contribution in [0.25, 0.3) is 0 Å². The fourth-order valence-corrected chi connectivity index (χ4v) is 7.93. The Morgan fingerprint density at radius 2 is 1.50 bits per heavy atom. The van der Waals surface area contributed by atoms with Crippen LogP contribution in [0.1, 0.15) is 40.0 Å². The zero-order chi connectivity index (χ0) is 7.82. The minimum absolute atomic E-state index is 0.798. The third-order valence-electron chi connectivity index (χ3n) is 1.97. The van der Waals surface area contributed by atoms with E-state index in [1.165, 1.54) is 19.3 Å². The first-order valence-electron chi connectivity index (χ1n) is 4.57. The normalized spacial score (nSPS) is 10.8. The SMILES string of the molecule is CCCC[CH2][Bi]([CH2]C)[CH2]C. The van der Waals surface area contributed by atoms with E-state index >= 15 is 0 Å². The molecule has 0 aliphatic rings. The zero-order valence-corrected chi connectivity index (χ0v) is 11.2. The molecule has 0 amide bonds. The van der Waals surface area contributed by atoms with Crippen molar-refractivity contribution < 1.29 is 0 Å². The van der Waals surface area contributed by atoms with E-state index in [4.69, 9.17) is 0 Å². The van der Waals surface area contributed by atoms with Crippen molar-refractivity contribution in [3.63, 3.8) is 0 Å². The van der Waals surface area contributed by atoms with Gasteiger partial charge in [0.15, 0.2) is 0 Å². The summed E-state index contributed by atoms with van der Waals surface area (Å²) in [6, 6.07) is 0. The van der Waals surface area contributed by atoms with Crippen LogP contribution in [0.15, 0.2) is 0 Å². The summed E-state index contributed by atoms with van der Waals surface area (Å²) in [7, 11) is 0. The first-order valence-corrected chi connectivity index (χ1v) is 11.9. The molecule has 0 aromatic carbocycles. The van der Waals surface area contributed by atoms with E-state index in [-0.39, 0.29) is 0 Å². The molecule has 0 saturated carbocycles. The van der Waals surface area contributed by atoms with Gasteiger partial charge in [-0.1, -0.05) is 0 Å². The summed E-state index contributed by atoms with van der Waals surface area (Å²) in [4.78, 5) is 0. The Morgan fingerprint density at radius 1 is 0.900 bits per heavy atom. The van der Waals surface area contributed by atoms with Crippen LogP contribution >= 0.6 is 0 Å². The molecule has 0 saturated heterocycles. The van der Waals surface area contributed by atoms with Gasteiger partial charge >= 0.3 is 74.2 Å². The van der Waals surface area contributed by atoms with E-state index < -0.39 is 21.8 Å². The van der Waals surface area contributed by atoms with E-state index in [2.05, 4.69) is 20.8 Å². The van der Waals surface area contributed by atoms with Crippen molar-refractivity contribution in [2.45, 2.75) is 52.4 Å². The first kappa shape index (κ1) is 10.9. The molecule has 0 bridgehead atoms. The molecule has 0 atom stereocenters. The van der Waals surface area contributed by atoms with Crippen LogP contribution < -0.4 is 0 Å². The van der Waals surface area contributed by atoms with Crippen LogP contribution in [0.4, 0.5) is 0 Å². The maximum atomic E-state index is 2.40. The van der Waals surface area contributed by atoms with Gasteiger partial charge < -0.3 is 0 Å². The van der Waals surface area contributed by atoms with Gasteiger partial charge in [0.1, 0.15) is 0 Å². The van der Waals surface area contributed by atoms with Crippen molar-refractivity contribution in [2.75, 3.05) is 0 Å². The minimum atomic E-state index is -0.798. The molecule has 0 nitrogen and oxygen atoms in total. The van der Waals surface area contributed by atoms with Crippen molar-refractivity contribution in [1.29, 1.82) is 0 Å². The Bertz CT molecular complexity index is 57.7. The predicted octanol–water partition coefficient (Wildman–Crippen LogP) is 3.71. The van der Waals surface area contributed by atoms with Gasteiger partial charge in [0.25, 0.3) is 0 Å². The first-order chi connectivity index (χ1) is 4.85. The number of unbranched alkanes of at least 4 members (excludes halogenated alkanes) is 2. The van der Waals surface area contributed by atoms with Gasteiger partial charge in [-0.2, -0.15) is 0 Å². The third kappa shape index (κ3) is 5.65. The Morgan fingerprint density at radius 3 is 1.90 bits per heavy atom. The van der Waals surface area contributed by atoms with Crippen LogP contribution in [0.5, 0.6) is 0 Å². The van der Waals surface area contributed by atoms with E-state index in [1.54, 1.807) is 12.4 Å². The van der Waals surface area contributed by atoms with Crippen molar-refractivity contribution in [1.82, 2.24) is 0 Å². The van der Waals surface area contributed by atoms with E-state index in [1.807, 2.05) is 0 Å². The molecule has 0 aromatic rings. The summed E-state index contributed by atoms with van der Waals surface area (Å²) in [6.07, 6.45) is 4.41. The Hall–Kier alpha value is 0.883. The molecule has 0 N–H and O–H groups in total. The van der Waals surface area contributed by atoms with Crippen molar-refractivity contribution in [2.24, 2.45) is 0 Å². The molecule has 0 fully saturated rings. The second-order valence-electron chi connectivity index (χ2n) is 2.73. The van der Waals surface area contributed by atoms with Gasteiger partial charge in [-0.05, 0) is 0 Å². The van der Waals surface area contributed by atoms with Gasteiger partial charge in [-0.15, -0.1) is 0 Å². The van der Waals surface area contributed by atoms with Crippen molar-refractivity contribution in [3.05, 3.63) is 0 Å². The van der Waals surface area contributed by atoms with Gasteiger partial charge in [0, 0.05) is 0 Å². The molecule has 62 valence electrons. The molecule has 0 aromatic heterocycles. The van der Waals surface area contributed by atoms with E-state index in [9.17, 15) is 0 Å². The number of hydrogen-bond acceptors (Lipinski definition) is 0. The summed E-state index contributed by atoms with van der Waals surface area (Å²) in [5, 5.41) is 0. The molecule has 0 rings (SSSR count). The average molecular weight is 338 g/mol. The Labute approximate surface area is 74.1 Å². The van der Waals surface area contributed by atoms with Crippen LogP contribution in [0, 0.1) is 0 Å². The topological polar surface area (TPSA) is 0 Å². The molecule has 0 unspecified atom stereocenters. The number of hydrogen-bond donors (Lipinski definition) is 0. The zero-order valence-electron chi connectivity index (χ0n) is 7.69. The predicted molar refractivity (Wildman–Crippen MR) is 51.0 cm³/mol. The fourth-order valence-electron chi connectivity index (χ4n) is 1.13. The molecule has 0 spiro atoms. The van der Waals surface area contributed by atoms with Gasteiger partial charge in [-0.25, -0.2) is 0 Å². The van der Waals surface area contributed by atoms with Crippen LogP contribution in [-0.2, 0) is 0 Å². The second-order valence-corrected chi connectivity index (χ2v) is 14.6. The standard InChI is InChI=1S/C5H11.2C2H5.Bi/c1-3-5-4-2;2*1-2;/h1,3-5H2,2H3;2*1H2,2H3;. The quantitative estimate of drug-likeness (QED) is 0.512. The molecular weight excluding hydrogens is 317 g/mol. The van der Waals surface area contributed by atoms with Crippen LogP contribution in [0.2, 0.25) is 12.4 Å². The van der Waals surface area contributed by atoms with Crippen LogP contribution in [0.3, 0.4) is 0 Å². The molecular formula is C9H21Bi. The summed E-state index contributed by atoms with van der Waals surface area (Å²) >= 11 is -0.798. The molecule has 0 aliphatic carbocycles. The number of rotatable bonds is 6. The van der Waals surface area contributed by atoms with Gasteiger partial charge in [-0.3, -0.25) is 0 Å². The molecule has 1 heteroatoms. The molecule has 10 heavy (non-hydrogen) atoms. The maximum absolute atomic E-state index is 2.40. The van der Waals surface area contributed by atoms with Gasteiger partial charge in [0.2, 0.25) is 0 Å². The second kappa shape index (κ2) is 7.98.